The van der Waals surface area contributed by atoms with E-state index < -0.39 is 25.8 Å². The summed E-state index contributed by atoms with van der Waals surface area (Å²) in [6.07, 6.45) is 6.57. The smallest absolute Gasteiger partial charge is 0.404 e. The van der Waals surface area contributed by atoms with Crippen LogP contribution in [0.4, 0.5) is 0 Å². The lowest BCUT2D eigenvalue weighted by Gasteiger charge is -2.48. The van der Waals surface area contributed by atoms with E-state index in [9.17, 15) is 0 Å². The Morgan fingerprint density at radius 3 is 1.78 bits per heavy atom. The van der Waals surface area contributed by atoms with Crippen LogP contribution >= 0.6 is 0 Å². The molecule has 4 nitrogen and oxygen atoms in total. The molecule has 7 heteroatoms. The fraction of sp³-hybridized carbons (Fsp3) is 1.00. The molecule has 1 saturated carbocycles. The standard InChI is InChI=1S/C11H27NO3Si3/c1-16(2)13-17(3,4)15-18(5,14-16)12-11-9-7-6-8-10-11/h11-12H,6-10H2,1-5H3. The molecule has 1 heterocycles. The van der Waals surface area contributed by atoms with Gasteiger partial charge in [-0.25, -0.2) is 0 Å². The van der Waals surface area contributed by atoms with Crippen LogP contribution in [-0.4, -0.2) is 31.9 Å². The van der Waals surface area contributed by atoms with Gasteiger partial charge in [0, 0.05) is 6.04 Å². The van der Waals surface area contributed by atoms with E-state index in [1.807, 2.05) is 0 Å². The van der Waals surface area contributed by atoms with Crippen LogP contribution in [0.25, 0.3) is 0 Å². The third-order valence-electron chi connectivity index (χ3n) is 3.44. The van der Waals surface area contributed by atoms with E-state index in [1.165, 1.54) is 32.1 Å². The average molecular weight is 306 g/mol. The van der Waals surface area contributed by atoms with Crippen LogP contribution in [0.3, 0.4) is 0 Å². The predicted molar refractivity (Wildman–Crippen MR) is 79.8 cm³/mol. The summed E-state index contributed by atoms with van der Waals surface area (Å²) in [7, 11) is -6.27. The Morgan fingerprint density at radius 2 is 1.28 bits per heavy atom. The summed E-state index contributed by atoms with van der Waals surface area (Å²) in [6.45, 7) is 10.7. The van der Waals surface area contributed by atoms with Gasteiger partial charge in [0.25, 0.3) is 0 Å². The second-order valence-electron chi connectivity index (χ2n) is 6.53. The number of rotatable bonds is 2. The number of hydrogen-bond acceptors (Lipinski definition) is 4. The molecule has 106 valence electrons. The number of nitrogens with one attached hydrogen (secondary N) is 1. The fourth-order valence-corrected chi connectivity index (χ4v) is 18.6. The van der Waals surface area contributed by atoms with Crippen LogP contribution in [-0.2, 0) is 12.3 Å². The molecule has 0 amide bonds. The molecule has 0 spiro atoms. The van der Waals surface area contributed by atoms with E-state index in [0.717, 1.165) is 0 Å². The van der Waals surface area contributed by atoms with Gasteiger partial charge in [-0.1, -0.05) is 19.3 Å². The maximum absolute atomic E-state index is 6.26. The van der Waals surface area contributed by atoms with Gasteiger partial charge in [0.15, 0.2) is 0 Å². The first-order valence-electron chi connectivity index (χ1n) is 7.08. The van der Waals surface area contributed by atoms with E-state index in [4.69, 9.17) is 12.3 Å². The van der Waals surface area contributed by atoms with Gasteiger partial charge in [-0.2, -0.15) is 0 Å². The molecule has 2 rings (SSSR count). The molecule has 1 aliphatic carbocycles. The monoisotopic (exact) mass is 305 g/mol. The van der Waals surface area contributed by atoms with Crippen LogP contribution in [0, 0.1) is 0 Å². The normalized spacial score (nSPS) is 31.2. The van der Waals surface area contributed by atoms with Crippen molar-refractivity contribution in [1.82, 2.24) is 4.98 Å². The molecule has 0 atom stereocenters. The Bertz CT molecular complexity index is 290. The molecule has 18 heavy (non-hydrogen) atoms. The van der Waals surface area contributed by atoms with Crippen molar-refractivity contribution in [2.24, 2.45) is 0 Å². The van der Waals surface area contributed by atoms with E-state index in [2.05, 4.69) is 37.7 Å². The van der Waals surface area contributed by atoms with Crippen LogP contribution in [0.2, 0.25) is 32.7 Å². The van der Waals surface area contributed by atoms with Crippen molar-refractivity contribution in [2.45, 2.75) is 70.9 Å². The topological polar surface area (TPSA) is 39.7 Å². The quantitative estimate of drug-likeness (QED) is 0.796. The minimum Gasteiger partial charge on any atom is -0.416 e. The summed E-state index contributed by atoms with van der Waals surface area (Å²) in [4.78, 5) is 3.73. The Morgan fingerprint density at radius 1 is 0.778 bits per heavy atom. The van der Waals surface area contributed by atoms with Crippen molar-refractivity contribution in [3.05, 3.63) is 0 Å². The second-order valence-corrected chi connectivity index (χ2v) is 16.8. The van der Waals surface area contributed by atoms with Gasteiger partial charge in [0.1, 0.15) is 0 Å². The zero-order valence-corrected chi connectivity index (χ0v) is 15.3. The minimum absolute atomic E-state index is 0.586. The first kappa shape index (κ1) is 14.9. The van der Waals surface area contributed by atoms with Crippen molar-refractivity contribution >= 4 is 25.8 Å². The largest absolute Gasteiger partial charge is 0.416 e. The van der Waals surface area contributed by atoms with Crippen molar-refractivity contribution in [2.75, 3.05) is 0 Å². The van der Waals surface area contributed by atoms with E-state index in [-0.39, 0.29) is 0 Å². The Balaban J connectivity index is 2.04. The second kappa shape index (κ2) is 5.12. The molecule has 1 N–H and O–H groups in total. The minimum atomic E-state index is -2.25. The van der Waals surface area contributed by atoms with Crippen LogP contribution in [0.5, 0.6) is 0 Å². The molecule has 0 bridgehead atoms. The first-order valence-corrected chi connectivity index (χ1v) is 15.0. The maximum atomic E-state index is 6.26. The van der Waals surface area contributed by atoms with Gasteiger partial charge in [-0.05, 0) is 45.6 Å². The Labute approximate surface area is 114 Å². The highest BCUT2D eigenvalue weighted by Gasteiger charge is 2.53. The lowest BCUT2D eigenvalue weighted by atomic mass is 9.96. The molecule has 0 aromatic rings. The zero-order chi connectivity index (χ0) is 13.4. The molecule has 0 radical (unpaired) electrons. The fourth-order valence-electron chi connectivity index (χ4n) is 3.27. The lowest BCUT2D eigenvalue weighted by molar-refractivity contribution is 0.213. The molecular weight excluding hydrogens is 278 g/mol. The summed E-state index contributed by atoms with van der Waals surface area (Å²) in [5, 5.41) is 0. The molecular formula is C11H27NO3Si3. The van der Waals surface area contributed by atoms with Gasteiger partial charge in [0.05, 0.1) is 0 Å². The Kier molecular flexibility index (Phi) is 4.23. The average Bonchev–Trinajstić information content (AvgIpc) is 2.11. The molecule has 0 aromatic carbocycles. The maximum Gasteiger partial charge on any atom is 0.404 e. The van der Waals surface area contributed by atoms with Crippen LogP contribution < -0.4 is 4.98 Å². The van der Waals surface area contributed by atoms with Crippen molar-refractivity contribution in [3.63, 3.8) is 0 Å². The van der Waals surface area contributed by atoms with Gasteiger partial charge in [-0.3, -0.25) is 4.98 Å². The van der Waals surface area contributed by atoms with Crippen molar-refractivity contribution < 1.29 is 12.3 Å². The predicted octanol–water partition coefficient (Wildman–Crippen LogP) is 2.94. The molecule has 1 saturated heterocycles. The van der Waals surface area contributed by atoms with Crippen molar-refractivity contribution in [1.29, 1.82) is 0 Å². The summed E-state index contributed by atoms with van der Waals surface area (Å²) in [5.41, 5.74) is 0. The first-order chi connectivity index (χ1) is 8.20. The van der Waals surface area contributed by atoms with Gasteiger partial charge < -0.3 is 12.3 Å². The summed E-state index contributed by atoms with van der Waals surface area (Å²) < 4.78 is 18.6. The van der Waals surface area contributed by atoms with Gasteiger partial charge >= 0.3 is 25.8 Å². The Hall–Kier alpha value is 0.491. The molecule has 2 fully saturated rings. The summed E-state index contributed by atoms with van der Waals surface area (Å²) >= 11 is 0. The lowest BCUT2D eigenvalue weighted by Crippen LogP contribution is -2.72. The molecule has 2 aliphatic rings. The highest BCUT2D eigenvalue weighted by atomic mass is 28.5. The third-order valence-corrected chi connectivity index (χ3v) is 15.4. The highest BCUT2D eigenvalue weighted by Crippen LogP contribution is 2.30. The zero-order valence-electron chi connectivity index (χ0n) is 12.3. The van der Waals surface area contributed by atoms with Crippen molar-refractivity contribution in [3.8, 4) is 0 Å². The molecule has 0 aromatic heterocycles. The van der Waals surface area contributed by atoms with Crippen LogP contribution in [0.1, 0.15) is 32.1 Å². The van der Waals surface area contributed by atoms with Crippen LogP contribution in [0.15, 0.2) is 0 Å². The summed E-state index contributed by atoms with van der Waals surface area (Å²) in [6, 6.07) is 0.586. The highest BCUT2D eigenvalue weighted by molar-refractivity contribution is 6.92. The SMILES string of the molecule is C[Si]1(C)O[Si](C)(C)O[Si](C)(NC2CCCCC2)O1. The molecule has 1 aliphatic heterocycles. The van der Waals surface area contributed by atoms with Gasteiger partial charge in [-0.15, -0.1) is 0 Å². The van der Waals surface area contributed by atoms with E-state index in [0.29, 0.717) is 6.04 Å². The van der Waals surface area contributed by atoms with Gasteiger partial charge in [0.2, 0.25) is 0 Å². The summed E-state index contributed by atoms with van der Waals surface area (Å²) in [5.74, 6) is 0. The third kappa shape index (κ3) is 3.99. The van der Waals surface area contributed by atoms with E-state index in [1.54, 1.807) is 0 Å². The number of hydrogen-bond donors (Lipinski definition) is 1. The van der Waals surface area contributed by atoms with E-state index >= 15 is 0 Å². The molecule has 0 unspecified atom stereocenters.